The number of rotatable bonds is 7. The number of hydrogen-bond donors (Lipinski definition) is 2. The number of carbonyl (C=O) groups excluding carboxylic acids is 2. The normalized spacial score (nSPS) is 21.4. The van der Waals surface area contributed by atoms with E-state index in [0.29, 0.717) is 31.8 Å². The molecule has 1 fully saturated rings. The van der Waals surface area contributed by atoms with Gasteiger partial charge in [-0.2, -0.15) is 0 Å². The van der Waals surface area contributed by atoms with Gasteiger partial charge in [0.25, 0.3) is 11.4 Å². The van der Waals surface area contributed by atoms with Crippen molar-refractivity contribution < 1.29 is 38.9 Å². The van der Waals surface area contributed by atoms with Crippen molar-refractivity contribution in [2.24, 2.45) is 11.8 Å². The zero-order chi connectivity index (χ0) is 26.2. The Balaban J connectivity index is 0.000000342. The lowest BCUT2D eigenvalue weighted by Gasteiger charge is -2.37. The first-order chi connectivity index (χ1) is 15.8. The van der Waals surface area contributed by atoms with E-state index in [9.17, 15) is 39.9 Å². The van der Waals surface area contributed by atoms with Crippen molar-refractivity contribution in [1.82, 2.24) is 5.32 Å². The van der Waals surface area contributed by atoms with Crippen LogP contribution >= 0.6 is 0 Å². The zero-order valence-electron chi connectivity index (χ0n) is 19.0. The fourth-order valence-corrected chi connectivity index (χ4v) is 3.40. The van der Waals surface area contributed by atoms with E-state index < -0.39 is 37.6 Å². The molecule has 188 valence electrons. The Bertz CT molecular complexity index is 889. The first-order valence-electron chi connectivity index (χ1n) is 10.2. The molecule has 15 nitrogen and oxygen atoms in total. The van der Waals surface area contributed by atoms with Crippen molar-refractivity contribution in [2.75, 3.05) is 13.2 Å². The first-order valence-corrected chi connectivity index (χ1v) is 10.2. The number of hydrogen-bond acceptors (Lipinski definition) is 12. The first kappa shape index (κ1) is 28.2. The molecule has 4 atom stereocenters. The van der Waals surface area contributed by atoms with Crippen molar-refractivity contribution in [2.45, 2.75) is 46.2 Å². The minimum absolute atomic E-state index is 0.0183. The molecule has 34 heavy (non-hydrogen) atoms. The molecule has 1 aromatic rings. The Morgan fingerprint density at radius 3 is 1.59 bits per heavy atom. The molecule has 1 aliphatic heterocycles. The van der Waals surface area contributed by atoms with Gasteiger partial charge in [-0.05, 0) is 34.1 Å². The third-order valence-corrected chi connectivity index (χ3v) is 5.08. The average molecular weight is 486 g/mol. The monoisotopic (exact) mass is 486 g/mol. The zero-order valence-corrected chi connectivity index (χ0v) is 19.0. The van der Waals surface area contributed by atoms with Gasteiger partial charge in [0.15, 0.2) is 0 Å². The number of phenolic OH excluding ortho intramolecular Hbond substituents is 1. The van der Waals surface area contributed by atoms with Gasteiger partial charge in [-0.15, -0.1) is 0 Å². The number of nitro benzene ring substituents is 3. The minimum atomic E-state index is -1.21. The molecule has 4 unspecified atom stereocenters. The van der Waals surface area contributed by atoms with Crippen molar-refractivity contribution in [3.05, 3.63) is 42.5 Å². The topological polar surface area (TPSA) is 214 Å². The number of aromatic hydroxyl groups is 1. The van der Waals surface area contributed by atoms with Crippen LogP contribution in [0.25, 0.3) is 0 Å². The molecule has 0 radical (unpaired) electrons. The Hall–Kier alpha value is -3.88. The molecular weight excluding hydrogens is 460 g/mol. The van der Waals surface area contributed by atoms with Crippen LogP contribution in [0.5, 0.6) is 5.75 Å². The van der Waals surface area contributed by atoms with Crippen LogP contribution < -0.4 is 5.32 Å². The molecule has 0 saturated carbocycles. The van der Waals surface area contributed by atoms with Crippen LogP contribution in [-0.2, 0) is 19.1 Å². The number of nitrogens with one attached hydrogen (secondary N) is 1. The van der Waals surface area contributed by atoms with Gasteiger partial charge in [0, 0.05) is 12.1 Å². The van der Waals surface area contributed by atoms with Crippen LogP contribution in [-0.4, -0.2) is 57.1 Å². The number of piperidine rings is 1. The molecule has 15 heteroatoms. The van der Waals surface area contributed by atoms with E-state index in [-0.39, 0.29) is 35.9 Å². The van der Waals surface area contributed by atoms with Gasteiger partial charge in [-0.1, -0.05) is 0 Å². The van der Waals surface area contributed by atoms with E-state index in [1.807, 2.05) is 13.8 Å². The predicted octanol–water partition coefficient (Wildman–Crippen LogP) is 2.23. The van der Waals surface area contributed by atoms with Gasteiger partial charge >= 0.3 is 23.3 Å². The van der Waals surface area contributed by atoms with Crippen molar-refractivity contribution in [3.8, 4) is 5.75 Å². The highest BCUT2D eigenvalue weighted by Gasteiger charge is 2.41. The second-order valence-corrected chi connectivity index (χ2v) is 7.30. The molecule has 1 heterocycles. The molecule has 0 aliphatic carbocycles. The fraction of sp³-hybridized carbons (Fsp3) is 0.579. The summed E-state index contributed by atoms with van der Waals surface area (Å²) in [5.41, 5.74) is -3.00. The highest BCUT2D eigenvalue weighted by molar-refractivity contribution is 5.77. The van der Waals surface area contributed by atoms with Gasteiger partial charge in [-0.3, -0.25) is 39.9 Å². The average Bonchev–Trinajstić information content (AvgIpc) is 2.74. The Morgan fingerprint density at radius 1 is 0.912 bits per heavy atom. The highest BCUT2D eigenvalue weighted by Crippen LogP contribution is 2.39. The Morgan fingerprint density at radius 2 is 1.29 bits per heavy atom. The van der Waals surface area contributed by atoms with Crippen LogP contribution in [0.3, 0.4) is 0 Å². The van der Waals surface area contributed by atoms with Crippen LogP contribution in [0.4, 0.5) is 17.1 Å². The molecule has 0 aromatic heterocycles. The third-order valence-electron chi connectivity index (χ3n) is 5.08. The lowest BCUT2D eigenvalue weighted by Crippen LogP contribution is -2.54. The van der Waals surface area contributed by atoms with Crippen LogP contribution in [0.15, 0.2) is 12.1 Å². The van der Waals surface area contributed by atoms with E-state index in [1.54, 1.807) is 13.8 Å². The van der Waals surface area contributed by atoms with E-state index in [1.165, 1.54) is 0 Å². The second-order valence-electron chi connectivity index (χ2n) is 7.30. The van der Waals surface area contributed by atoms with Crippen molar-refractivity contribution >= 4 is 29.0 Å². The van der Waals surface area contributed by atoms with Crippen LogP contribution in [0.1, 0.15) is 34.1 Å². The van der Waals surface area contributed by atoms with Crippen molar-refractivity contribution in [1.29, 1.82) is 0 Å². The fourth-order valence-electron chi connectivity index (χ4n) is 3.40. The number of carbonyl (C=O) groups is 2. The molecule has 1 aromatic carbocycles. The third kappa shape index (κ3) is 7.06. The molecule has 1 saturated heterocycles. The number of benzene rings is 1. The molecule has 2 N–H and O–H groups in total. The predicted molar refractivity (Wildman–Crippen MR) is 115 cm³/mol. The van der Waals surface area contributed by atoms with Crippen LogP contribution in [0, 0.1) is 42.2 Å². The lowest BCUT2D eigenvalue weighted by molar-refractivity contribution is -0.404. The summed E-state index contributed by atoms with van der Waals surface area (Å²) in [5, 5.41) is 43.5. The standard InChI is InChI=1S/C13H23NO4.C6H3N3O7/c1-5-17-12(15)10-7-11(13(16)18-6-2)9(4)14-8(10)3;10-6-4(8(13)14)1-3(7(11)12)2-5(6)9(15)16/h8-11,14H,5-7H2,1-4H3;1-2,10H. The largest absolute Gasteiger partial charge is 0.497 e. The van der Waals surface area contributed by atoms with Gasteiger partial charge in [0.05, 0.1) is 52.0 Å². The van der Waals surface area contributed by atoms with Crippen LogP contribution in [0.2, 0.25) is 0 Å². The van der Waals surface area contributed by atoms with E-state index in [0.717, 1.165) is 0 Å². The molecular formula is C19H26N4O11. The smallest absolute Gasteiger partial charge is 0.324 e. The van der Waals surface area contributed by atoms with Gasteiger partial charge in [0.1, 0.15) is 0 Å². The summed E-state index contributed by atoms with van der Waals surface area (Å²) in [4.78, 5) is 51.4. The summed E-state index contributed by atoms with van der Waals surface area (Å²) < 4.78 is 10.1. The number of ether oxygens (including phenoxy) is 2. The quantitative estimate of drug-likeness (QED) is 0.322. The number of phenols is 1. The molecule has 1 aliphatic rings. The number of nitrogens with zero attached hydrogens (tertiary/aromatic N) is 3. The maximum atomic E-state index is 11.8. The molecule has 0 spiro atoms. The summed E-state index contributed by atoms with van der Waals surface area (Å²) in [5.74, 6) is -2.25. The summed E-state index contributed by atoms with van der Waals surface area (Å²) in [6, 6.07) is 0.930. The minimum Gasteiger partial charge on any atom is -0.497 e. The lowest BCUT2D eigenvalue weighted by atomic mass is 9.81. The molecule has 2 rings (SSSR count). The van der Waals surface area contributed by atoms with E-state index in [4.69, 9.17) is 14.6 Å². The van der Waals surface area contributed by atoms with Gasteiger partial charge in [0.2, 0.25) is 0 Å². The Kier molecular flexibility index (Phi) is 10.3. The van der Waals surface area contributed by atoms with E-state index >= 15 is 0 Å². The second kappa shape index (κ2) is 12.4. The summed E-state index contributed by atoms with van der Waals surface area (Å²) in [7, 11) is 0. The number of nitro groups is 3. The SMILES string of the molecule is CCOC(=O)C1CC(C(=O)OCC)C(C)NC1C.O=[N+]([O-])c1cc([N+](=O)[O-])c(O)c([N+](=O)[O-])c1. The highest BCUT2D eigenvalue weighted by atomic mass is 16.6. The molecule has 0 bridgehead atoms. The summed E-state index contributed by atoms with van der Waals surface area (Å²) in [6.07, 6.45) is 0.493. The summed E-state index contributed by atoms with van der Waals surface area (Å²) in [6.45, 7) is 8.18. The summed E-state index contributed by atoms with van der Waals surface area (Å²) >= 11 is 0. The number of esters is 2. The molecule has 0 amide bonds. The van der Waals surface area contributed by atoms with Gasteiger partial charge in [-0.25, -0.2) is 0 Å². The maximum Gasteiger partial charge on any atom is 0.324 e. The van der Waals surface area contributed by atoms with E-state index in [2.05, 4.69) is 5.32 Å². The maximum absolute atomic E-state index is 11.8. The number of non-ortho nitro benzene ring substituents is 1. The Labute approximate surface area is 193 Å². The van der Waals surface area contributed by atoms with Crippen molar-refractivity contribution in [3.63, 3.8) is 0 Å². The van der Waals surface area contributed by atoms with Gasteiger partial charge < -0.3 is 19.9 Å².